The van der Waals surface area contributed by atoms with Gasteiger partial charge in [0.05, 0.1) is 5.56 Å². The summed E-state index contributed by atoms with van der Waals surface area (Å²) in [7, 11) is 0. The van der Waals surface area contributed by atoms with Gasteiger partial charge in [-0.05, 0) is 30.5 Å². The zero-order valence-electron chi connectivity index (χ0n) is 15.4. The van der Waals surface area contributed by atoms with E-state index in [9.17, 15) is 26.3 Å². The molecule has 0 aromatic carbocycles. The van der Waals surface area contributed by atoms with Gasteiger partial charge in [-0.15, -0.1) is 0 Å². The number of halogens is 7. The van der Waals surface area contributed by atoms with E-state index in [1.165, 1.54) is 16.6 Å². The number of pyridine rings is 1. The van der Waals surface area contributed by atoms with E-state index in [-0.39, 0.29) is 28.0 Å². The van der Waals surface area contributed by atoms with Crippen molar-refractivity contribution in [1.29, 1.82) is 0 Å². The molecule has 0 radical (unpaired) electrons. The van der Waals surface area contributed by atoms with Crippen molar-refractivity contribution in [2.75, 3.05) is 0 Å². The standard InChI is InChI=1S/C19H12ClF6N5/c20-15-6-12(16-27-3-4-31(16)29-15)10-5-11(10)14-2-1-9-13(19(24,25)26)7-30(17(9)28-14)8-18(21,22)23/h1-4,6-7,10-11H,5,8H2/t10-,11?/m0/s1. The SMILES string of the molecule is FC(F)(F)Cn1cc(C(F)(F)F)c2ccc(C3C[C@@H]3c3cc(Cl)nn4ccnc34)nc21. The van der Waals surface area contributed by atoms with Gasteiger partial charge < -0.3 is 4.57 Å². The molecule has 4 aromatic heterocycles. The molecule has 4 heterocycles. The number of imidazole rings is 1. The molecule has 5 nitrogen and oxygen atoms in total. The fourth-order valence-electron chi connectivity index (χ4n) is 3.97. The van der Waals surface area contributed by atoms with Crippen LogP contribution in [-0.4, -0.2) is 30.3 Å². The zero-order chi connectivity index (χ0) is 22.1. The molecule has 1 fully saturated rings. The predicted molar refractivity (Wildman–Crippen MR) is 98.9 cm³/mol. The highest BCUT2D eigenvalue weighted by molar-refractivity contribution is 6.29. The third kappa shape index (κ3) is 3.60. The van der Waals surface area contributed by atoms with Crippen LogP contribution in [0.1, 0.15) is 35.1 Å². The first-order valence-corrected chi connectivity index (χ1v) is 9.52. The zero-order valence-corrected chi connectivity index (χ0v) is 16.2. The van der Waals surface area contributed by atoms with Crippen molar-refractivity contribution < 1.29 is 26.3 Å². The molecule has 1 aliphatic carbocycles. The van der Waals surface area contributed by atoms with Crippen molar-refractivity contribution in [1.82, 2.24) is 24.1 Å². The van der Waals surface area contributed by atoms with Crippen molar-refractivity contribution in [2.24, 2.45) is 0 Å². The third-order valence-electron chi connectivity index (χ3n) is 5.33. The molecule has 2 atom stereocenters. The molecule has 1 aliphatic rings. The van der Waals surface area contributed by atoms with Crippen LogP contribution in [0.2, 0.25) is 5.15 Å². The number of nitrogens with zero attached hydrogens (tertiary/aromatic N) is 5. The van der Waals surface area contributed by atoms with Crippen molar-refractivity contribution in [3.63, 3.8) is 0 Å². The molecule has 0 aliphatic heterocycles. The lowest BCUT2D eigenvalue weighted by Gasteiger charge is -2.09. The number of fused-ring (bicyclic) bond motifs is 2. The van der Waals surface area contributed by atoms with Gasteiger partial charge in [0.25, 0.3) is 0 Å². The minimum Gasteiger partial charge on any atom is -0.323 e. The Morgan fingerprint density at radius 2 is 1.84 bits per heavy atom. The summed E-state index contributed by atoms with van der Waals surface area (Å²) < 4.78 is 80.8. The molecule has 4 aromatic rings. The smallest absolute Gasteiger partial charge is 0.323 e. The van der Waals surface area contributed by atoms with E-state index in [1.54, 1.807) is 18.5 Å². The van der Waals surface area contributed by atoms with E-state index in [4.69, 9.17) is 11.6 Å². The first-order chi connectivity index (χ1) is 14.5. The van der Waals surface area contributed by atoms with Crippen molar-refractivity contribution >= 4 is 28.3 Å². The van der Waals surface area contributed by atoms with Gasteiger partial charge >= 0.3 is 12.4 Å². The Balaban J connectivity index is 1.56. The Labute approximate surface area is 175 Å². The maximum atomic E-state index is 13.3. The summed E-state index contributed by atoms with van der Waals surface area (Å²) in [6.45, 7) is -1.56. The summed E-state index contributed by atoms with van der Waals surface area (Å²) in [5.74, 6) is -0.240. The minimum absolute atomic E-state index is 0.0662. The third-order valence-corrected chi connectivity index (χ3v) is 5.51. The Kier molecular flexibility index (Phi) is 4.27. The molecule has 1 unspecified atom stereocenters. The van der Waals surface area contributed by atoms with Crippen LogP contribution in [-0.2, 0) is 12.7 Å². The largest absolute Gasteiger partial charge is 0.418 e. The summed E-state index contributed by atoms with van der Waals surface area (Å²) in [6.07, 6.45) is -5.19. The number of rotatable bonds is 3. The summed E-state index contributed by atoms with van der Waals surface area (Å²) in [4.78, 5) is 8.46. The second-order valence-electron chi connectivity index (χ2n) is 7.46. The Morgan fingerprint density at radius 3 is 2.55 bits per heavy atom. The minimum atomic E-state index is -4.79. The number of alkyl halides is 6. The van der Waals surface area contributed by atoms with Gasteiger partial charge in [-0.2, -0.15) is 31.4 Å². The molecule has 1 saturated carbocycles. The second-order valence-corrected chi connectivity index (χ2v) is 7.84. The van der Waals surface area contributed by atoms with E-state index >= 15 is 0 Å². The fourth-order valence-corrected chi connectivity index (χ4v) is 4.17. The van der Waals surface area contributed by atoms with Gasteiger partial charge in [0, 0.05) is 41.2 Å². The van der Waals surface area contributed by atoms with E-state index in [2.05, 4.69) is 15.1 Å². The average molecular weight is 460 g/mol. The quantitative estimate of drug-likeness (QED) is 0.376. The molecule has 31 heavy (non-hydrogen) atoms. The maximum Gasteiger partial charge on any atom is 0.418 e. The van der Waals surface area contributed by atoms with E-state index < -0.39 is 24.5 Å². The van der Waals surface area contributed by atoms with Crippen molar-refractivity contribution in [3.05, 3.63) is 58.8 Å². The van der Waals surface area contributed by atoms with Crippen LogP contribution in [0.4, 0.5) is 26.3 Å². The molecular weight excluding hydrogens is 448 g/mol. The van der Waals surface area contributed by atoms with Crippen LogP contribution in [0.15, 0.2) is 36.8 Å². The van der Waals surface area contributed by atoms with Crippen LogP contribution in [0, 0.1) is 0 Å². The van der Waals surface area contributed by atoms with Crippen LogP contribution < -0.4 is 0 Å². The van der Waals surface area contributed by atoms with Crippen LogP contribution in [0.5, 0.6) is 0 Å². The first-order valence-electron chi connectivity index (χ1n) is 9.15. The summed E-state index contributed by atoms with van der Waals surface area (Å²) in [5, 5.41) is 4.00. The number of hydrogen-bond acceptors (Lipinski definition) is 3. The van der Waals surface area contributed by atoms with Gasteiger partial charge in [-0.3, -0.25) is 0 Å². The van der Waals surface area contributed by atoms with Gasteiger partial charge in [0.15, 0.2) is 5.65 Å². The molecule has 0 N–H and O–H groups in total. The highest BCUT2D eigenvalue weighted by atomic mass is 35.5. The van der Waals surface area contributed by atoms with Gasteiger partial charge in [0.2, 0.25) is 0 Å². The molecule has 0 amide bonds. The summed E-state index contributed by atoms with van der Waals surface area (Å²) >= 11 is 6.06. The molecule has 0 saturated heterocycles. The fraction of sp³-hybridized carbons (Fsp3) is 0.316. The van der Waals surface area contributed by atoms with Gasteiger partial charge in [0.1, 0.15) is 17.3 Å². The average Bonchev–Trinajstić information content (AvgIpc) is 3.17. The molecule has 5 rings (SSSR count). The highest BCUT2D eigenvalue weighted by Crippen LogP contribution is 2.55. The lowest BCUT2D eigenvalue weighted by molar-refractivity contribution is -0.143. The van der Waals surface area contributed by atoms with E-state index in [0.717, 1.165) is 5.56 Å². The number of hydrogen-bond donors (Lipinski definition) is 0. The summed E-state index contributed by atoms with van der Waals surface area (Å²) in [6, 6.07) is 4.29. The normalized spacial score (nSPS) is 19.5. The Morgan fingerprint density at radius 1 is 1.06 bits per heavy atom. The lowest BCUT2D eigenvalue weighted by Crippen LogP contribution is -2.17. The molecular formula is C19H12ClF6N5. The van der Waals surface area contributed by atoms with Crippen molar-refractivity contribution in [3.8, 4) is 0 Å². The topological polar surface area (TPSA) is 48.0 Å². The van der Waals surface area contributed by atoms with E-state index in [1.807, 2.05) is 0 Å². The lowest BCUT2D eigenvalue weighted by atomic mass is 10.1. The van der Waals surface area contributed by atoms with Crippen LogP contribution >= 0.6 is 11.6 Å². The van der Waals surface area contributed by atoms with Crippen molar-refractivity contribution in [2.45, 2.75) is 37.2 Å². The molecule has 0 spiro atoms. The monoisotopic (exact) mass is 459 g/mol. The predicted octanol–water partition coefficient (Wildman–Crippen LogP) is 5.58. The van der Waals surface area contributed by atoms with Gasteiger partial charge in [-0.25, -0.2) is 14.5 Å². The van der Waals surface area contributed by atoms with Crippen LogP contribution in [0.3, 0.4) is 0 Å². The Bertz CT molecular complexity index is 1310. The summed E-state index contributed by atoms with van der Waals surface area (Å²) in [5.41, 5.74) is 0.339. The molecule has 0 bridgehead atoms. The Hall–Kier alpha value is -2.82. The molecule has 162 valence electrons. The first kappa shape index (κ1) is 20.1. The highest BCUT2D eigenvalue weighted by Gasteiger charge is 2.43. The molecule has 12 heteroatoms. The number of aromatic nitrogens is 5. The van der Waals surface area contributed by atoms with Crippen LogP contribution in [0.25, 0.3) is 16.7 Å². The van der Waals surface area contributed by atoms with E-state index in [0.29, 0.717) is 28.5 Å². The van der Waals surface area contributed by atoms with Gasteiger partial charge in [-0.1, -0.05) is 11.6 Å². The second kappa shape index (κ2) is 6.59. The maximum absolute atomic E-state index is 13.3.